The third-order valence-electron chi connectivity index (χ3n) is 6.28. The number of piperazine rings is 1. The van der Waals surface area contributed by atoms with Gasteiger partial charge in [0.05, 0.1) is 0 Å². The maximum absolute atomic E-state index is 12.7. The molecule has 0 spiro atoms. The second-order valence-electron chi connectivity index (χ2n) is 9.49. The van der Waals surface area contributed by atoms with Gasteiger partial charge < -0.3 is 15.1 Å². The highest BCUT2D eigenvalue weighted by molar-refractivity contribution is 5.92. The van der Waals surface area contributed by atoms with Gasteiger partial charge in [-0.15, -0.1) is 0 Å². The predicted molar refractivity (Wildman–Crippen MR) is 113 cm³/mol. The predicted octanol–water partition coefficient (Wildman–Crippen LogP) is 3.50. The summed E-state index contributed by atoms with van der Waals surface area (Å²) in [6, 6.07) is 8.14. The molecule has 3 rings (SSSR count). The van der Waals surface area contributed by atoms with Crippen LogP contribution in [0.5, 0.6) is 0 Å². The van der Waals surface area contributed by atoms with Gasteiger partial charge in [-0.3, -0.25) is 9.59 Å². The molecule has 1 aliphatic carbocycles. The lowest BCUT2D eigenvalue weighted by molar-refractivity contribution is -0.139. The van der Waals surface area contributed by atoms with E-state index in [-0.39, 0.29) is 23.2 Å². The van der Waals surface area contributed by atoms with Crippen molar-refractivity contribution >= 4 is 17.5 Å². The monoisotopic (exact) mass is 385 g/mol. The molecule has 28 heavy (non-hydrogen) atoms. The van der Waals surface area contributed by atoms with E-state index >= 15 is 0 Å². The molecule has 1 N–H and O–H groups in total. The van der Waals surface area contributed by atoms with Crippen molar-refractivity contribution in [3.8, 4) is 0 Å². The molecule has 1 saturated carbocycles. The standard InChI is InChI=1S/C23H35N3O2/c1-23(2,3)19-9-11-20(12-10-19)24-21(27)17-5-7-18(8-6-17)22(28)26-15-13-25(4)14-16-26/h9-12,17-18H,5-8,13-16H2,1-4H3,(H,24,27). The Balaban J connectivity index is 1.48. The number of likely N-dealkylation sites (N-methyl/N-ethyl adjacent to an activating group) is 1. The number of nitrogens with one attached hydrogen (secondary N) is 1. The minimum absolute atomic E-state index is 0.0128. The molecule has 0 aromatic heterocycles. The van der Waals surface area contributed by atoms with Crippen LogP contribution in [0.2, 0.25) is 0 Å². The summed E-state index contributed by atoms with van der Waals surface area (Å²) in [5.41, 5.74) is 2.22. The number of benzene rings is 1. The third kappa shape index (κ3) is 5.13. The van der Waals surface area contributed by atoms with Crippen LogP contribution in [0.25, 0.3) is 0 Å². The number of hydrogen-bond donors (Lipinski definition) is 1. The van der Waals surface area contributed by atoms with Gasteiger partial charge in [-0.25, -0.2) is 0 Å². The summed E-state index contributed by atoms with van der Waals surface area (Å²) in [5.74, 6) is 0.496. The maximum Gasteiger partial charge on any atom is 0.227 e. The van der Waals surface area contributed by atoms with Crippen molar-refractivity contribution in [1.29, 1.82) is 0 Å². The van der Waals surface area contributed by atoms with E-state index in [1.165, 1.54) is 5.56 Å². The summed E-state index contributed by atoms with van der Waals surface area (Å²) in [5, 5.41) is 3.06. The van der Waals surface area contributed by atoms with Gasteiger partial charge in [0.2, 0.25) is 11.8 Å². The Morgan fingerprint density at radius 1 is 0.893 bits per heavy atom. The first-order chi connectivity index (χ1) is 13.2. The highest BCUT2D eigenvalue weighted by Gasteiger charge is 2.33. The number of rotatable bonds is 3. The molecule has 0 radical (unpaired) electrons. The number of hydrogen-bond acceptors (Lipinski definition) is 3. The Hall–Kier alpha value is -1.88. The Morgan fingerprint density at radius 3 is 1.96 bits per heavy atom. The molecular weight excluding hydrogens is 350 g/mol. The average Bonchev–Trinajstić information content (AvgIpc) is 2.68. The van der Waals surface area contributed by atoms with E-state index in [0.717, 1.165) is 57.5 Å². The summed E-state index contributed by atoms with van der Waals surface area (Å²) in [6.07, 6.45) is 3.25. The zero-order valence-electron chi connectivity index (χ0n) is 17.8. The molecule has 2 fully saturated rings. The normalized spacial score (nSPS) is 24.1. The van der Waals surface area contributed by atoms with Gasteiger partial charge in [0.1, 0.15) is 0 Å². The second kappa shape index (κ2) is 8.64. The van der Waals surface area contributed by atoms with Crippen LogP contribution in [0.3, 0.4) is 0 Å². The van der Waals surface area contributed by atoms with Crippen molar-refractivity contribution < 1.29 is 9.59 Å². The fourth-order valence-electron chi connectivity index (χ4n) is 4.19. The first-order valence-corrected chi connectivity index (χ1v) is 10.6. The van der Waals surface area contributed by atoms with Crippen LogP contribution in [-0.2, 0) is 15.0 Å². The van der Waals surface area contributed by atoms with Gasteiger partial charge in [-0.2, -0.15) is 0 Å². The second-order valence-corrected chi connectivity index (χ2v) is 9.49. The summed E-state index contributed by atoms with van der Waals surface area (Å²) in [6.45, 7) is 10.1. The summed E-state index contributed by atoms with van der Waals surface area (Å²) in [4.78, 5) is 29.7. The molecule has 2 amide bonds. The minimum atomic E-state index is 0.0128. The Bertz CT molecular complexity index is 677. The van der Waals surface area contributed by atoms with Gasteiger partial charge >= 0.3 is 0 Å². The molecule has 1 aliphatic heterocycles. The first kappa shape index (κ1) is 20.8. The molecule has 0 atom stereocenters. The van der Waals surface area contributed by atoms with Gasteiger partial charge in [-0.05, 0) is 55.8 Å². The van der Waals surface area contributed by atoms with Crippen molar-refractivity contribution in [3.05, 3.63) is 29.8 Å². The number of carbonyl (C=O) groups excluding carboxylic acids is 2. The fraction of sp³-hybridized carbons (Fsp3) is 0.652. The van der Waals surface area contributed by atoms with Crippen LogP contribution in [-0.4, -0.2) is 54.8 Å². The molecule has 1 aromatic rings. The lowest BCUT2D eigenvalue weighted by Gasteiger charge is -2.36. The van der Waals surface area contributed by atoms with Crippen molar-refractivity contribution in [2.45, 2.75) is 51.9 Å². The maximum atomic E-state index is 12.7. The van der Waals surface area contributed by atoms with Gasteiger partial charge in [0.15, 0.2) is 0 Å². The van der Waals surface area contributed by atoms with E-state index in [1.807, 2.05) is 17.0 Å². The van der Waals surface area contributed by atoms with Crippen molar-refractivity contribution in [2.75, 3.05) is 38.5 Å². The Morgan fingerprint density at radius 2 is 1.43 bits per heavy atom. The summed E-state index contributed by atoms with van der Waals surface area (Å²) in [7, 11) is 2.10. The van der Waals surface area contributed by atoms with Crippen LogP contribution in [0.1, 0.15) is 52.0 Å². The SMILES string of the molecule is CN1CCN(C(=O)C2CCC(C(=O)Nc3ccc(C(C)(C)C)cc3)CC2)CC1. The smallest absolute Gasteiger partial charge is 0.227 e. The molecule has 5 heteroatoms. The lowest BCUT2D eigenvalue weighted by atomic mass is 9.80. The van der Waals surface area contributed by atoms with Gasteiger partial charge in [-0.1, -0.05) is 32.9 Å². The minimum Gasteiger partial charge on any atom is -0.340 e. The largest absolute Gasteiger partial charge is 0.340 e. The molecule has 5 nitrogen and oxygen atoms in total. The zero-order valence-corrected chi connectivity index (χ0v) is 17.8. The molecular formula is C23H35N3O2. The average molecular weight is 386 g/mol. The summed E-state index contributed by atoms with van der Waals surface area (Å²) >= 11 is 0. The number of nitrogens with zero attached hydrogens (tertiary/aromatic N) is 2. The van der Waals surface area contributed by atoms with Crippen LogP contribution < -0.4 is 5.32 Å². The highest BCUT2D eigenvalue weighted by Crippen LogP contribution is 2.31. The molecule has 0 bridgehead atoms. The number of anilines is 1. The van der Waals surface area contributed by atoms with Crippen molar-refractivity contribution in [3.63, 3.8) is 0 Å². The zero-order chi connectivity index (χ0) is 20.3. The molecule has 1 saturated heterocycles. The van der Waals surface area contributed by atoms with Crippen LogP contribution in [0.15, 0.2) is 24.3 Å². The molecule has 154 valence electrons. The topological polar surface area (TPSA) is 52.7 Å². The van der Waals surface area contributed by atoms with Gasteiger partial charge in [0.25, 0.3) is 0 Å². The molecule has 1 aromatic carbocycles. The number of carbonyl (C=O) groups is 2. The van der Waals surface area contributed by atoms with E-state index in [9.17, 15) is 9.59 Å². The quantitative estimate of drug-likeness (QED) is 0.866. The van der Waals surface area contributed by atoms with E-state index in [0.29, 0.717) is 5.91 Å². The van der Waals surface area contributed by atoms with Gasteiger partial charge in [0, 0.05) is 43.7 Å². The molecule has 2 aliphatic rings. The highest BCUT2D eigenvalue weighted by atomic mass is 16.2. The van der Waals surface area contributed by atoms with Crippen LogP contribution in [0.4, 0.5) is 5.69 Å². The van der Waals surface area contributed by atoms with E-state index < -0.39 is 0 Å². The van der Waals surface area contributed by atoms with Crippen molar-refractivity contribution in [2.24, 2.45) is 11.8 Å². The molecule has 0 unspecified atom stereocenters. The molecule has 1 heterocycles. The fourth-order valence-corrected chi connectivity index (χ4v) is 4.19. The van der Waals surface area contributed by atoms with E-state index in [2.05, 4.69) is 50.2 Å². The Labute approximate surface area is 169 Å². The van der Waals surface area contributed by atoms with Crippen LogP contribution in [0, 0.1) is 11.8 Å². The third-order valence-corrected chi connectivity index (χ3v) is 6.28. The first-order valence-electron chi connectivity index (χ1n) is 10.6. The van der Waals surface area contributed by atoms with Crippen molar-refractivity contribution in [1.82, 2.24) is 9.80 Å². The van der Waals surface area contributed by atoms with E-state index in [1.54, 1.807) is 0 Å². The number of amides is 2. The Kier molecular flexibility index (Phi) is 6.43. The summed E-state index contributed by atoms with van der Waals surface area (Å²) < 4.78 is 0. The lowest BCUT2D eigenvalue weighted by Crippen LogP contribution is -2.49. The van der Waals surface area contributed by atoms with Crippen LogP contribution >= 0.6 is 0 Å². The van der Waals surface area contributed by atoms with E-state index in [4.69, 9.17) is 0 Å².